The van der Waals surface area contributed by atoms with E-state index in [9.17, 15) is 4.57 Å². The molecule has 1 aromatic rings. The molecular weight excluding hydrogens is 419 g/mol. The van der Waals surface area contributed by atoms with E-state index >= 15 is 0 Å². The topological polar surface area (TPSA) is 66.8 Å². The second kappa shape index (κ2) is 4.85. The van der Waals surface area contributed by atoms with Crippen molar-refractivity contribution in [3.05, 3.63) is 29.8 Å². The predicted octanol–water partition coefficient (Wildman–Crippen LogP) is 3.45. The van der Waals surface area contributed by atoms with Crippen LogP contribution in [0.4, 0.5) is 0 Å². The number of halogens is 3. The molecular formula is C7H6Br3O4P. The molecule has 4 nitrogen and oxygen atoms in total. The number of rotatable bonds is 2. The summed E-state index contributed by atoms with van der Waals surface area (Å²) < 4.78 is 14.4. The van der Waals surface area contributed by atoms with E-state index in [4.69, 9.17) is 9.79 Å². The first kappa shape index (κ1) is 13.7. The van der Waals surface area contributed by atoms with Gasteiger partial charge in [0.1, 0.15) is 5.75 Å². The van der Waals surface area contributed by atoms with Gasteiger partial charge >= 0.3 is 7.82 Å². The molecule has 1 aromatic carbocycles. The van der Waals surface area contributed by atoms with E-state index in [2.05, 4.69) is 52.3 Å². The summed E-state index contributed by atoms with van der Waals surface area (Å²) in [4.78, 5) is 17.2. The van der Waals surface area contributed by atoms with Gasteiger partial charge in [-0.15, -0.1) is 0 Å². The molecule has 0 unspecified atom stereocenters. The van der Waals surface area contributed by atoms with Gasteiger partial charge in [-0.25, -0.2) is 4.57 Å². The van der Waals surface area contributed by atoms with Crippen molar-refractivity contribution >= 4 is 55.6 Å². The second-order valence-corrected chi connectivity index (χ2v) is 10.5. The zero-order chi connectivity index (χ0) is 11.7. The highest BCUT2D eigenvalue weighted by atomic mass is 80.0. The highest BCUT2D eigenvalue weighted by Gasteiger charge is 2.22. The average Bonchev–Trinajstić information content (AvgIpc) is 1.99. The van der Waals surface area contributed by atoms with Crippen LogP contribution in [0.2, 0.25) is 0 Å². The van der Waals surface area contributed by atoms with Gasteiger partial charge in [0.15, 0.2) is 2.14 Å². The van der Waals surface area contributed by atoms with Gasteiger partial charge in [0, 0.05) is 0 Å². The van der Waals surface area contributed by atoms with Crippen molar-refractivity contribution in [3.63, 3.8) is 0 Å². The van der Waals surface area contributed by atoms with Crippen molar-refractivity contribution in [2.45, 2.75) is 2.14 Å². The van der Waals surface area contributed by atoms with Crippen molar-refractivity contribution in [1.82, 2.24) is 0 Å². The van der Waals surface area contributed by atoms with E-state index in [1.807, 2.05) is 0 Å². The number of alkyl halides is 3. The molecule has 84 valence electrons. The van der Waals surface area contributed by atoms with E-state index in [1.165, 1.54) is 12.1 Å². The third kappa shape index (κ3) is 4.97. The minimum Gasteiger partial charge on any atom is -0.404 e. The van der Waals surface area contributed by atoms with Gasteiger partial charge in [-0.05, 0) is 17.7 Å². The molecule has 15 heavy (non-hydrogen) atoms. The molecule has 0 heterocycles. The van der Waals surface area contributed by atoms with Gasteiger partial charge in [0.2, 0.25) is 0 Å². The lowest BCUT2D eigenvalue weighted by Gasteiger charge is -2.14. The molecule has 0 amide bonds. The molecule has 8 heteroatoms. The summed E-state index contributed by atoms with van der Waals surface area (Å²) in [6.07, 6.45) is 0. The Hall–Kier alpha value is 0.610. The minimum atomic E-state index is -4.51. The number of benzene rings is 1. The van der Waals surface area contributed by atoms with Crippen molar-refractivity contribution in [1.29, 1.82) is 0 Å². The van der Waals surface area contributed by atoms with Gasteiger partial charge in [-0.1, -0.05) is 59.9 Å². The largest absolute Gasteiger partial charge is 0.524 e. The van der Waals surface area contributed by atoms with Crippen molar-refractivity contribution in [2.24, 2.45) is 0 Å². The Labute approximate surface area is 112 Å². The van der Waals surface area contributed by atoms with Crippen LogP contribution in [-0.4, -0.2) is 9.79 Å². The molecule has 0 aromatic heterocycles. The summed E-state index contributed by atoms with van der Waals surface area (Å²) in [6, 6.07) is 6.34. The summed E-state index contributed by atoms with van der Waals surface area (Å²) in [5.41, 5.74) is 0.716. The van der Waals surface area contributed by atoms with Crippen LogP contribution in [0.1, 0.15) is 5.56 Å². The third-order valence-electron chi connectivity index (χ3n) is 1.39. The highest BCUT2D eigenvalue weighted by Crippen LogP contribution is 2.46. The van der Waals surface area contributed by atoms with Gasteiger partial charge < -0.3 is 4.52 Å². The van der Waals surface area contributed by atoms with Crippen molar-refractivity contribution in [2.75, 3.05) is 0 Å². The van der Waals surface area contributed by atoms with Gasteiger partial charge in [0.25, 0.3) is 0 Å². The molecule has 0 saturated carbocycles. The van der Waals surface area contributed by atoms with E-state index < -0.39 is 9.97 Å². The Balaban J connectivity index is 2.99. The molecule has 1 rings (SSSR count). The molecule has 0 radical (unpaired) electrons. The molecule has 0 spiro atoms. The molecule has 0 aliphatic heterocycles. The number of hydrogen-bond donors (Lipinski definition) is 2. The Morgan fingerprint density at radius 2 is 1.87 bits per heavy atom. The highest BCUT2D eigenvalue weighted by molar-refractivity contribution is 9.38. The van der Waals surface area contributed by atoms with Crippen LogP contribution in [0.25, 0.3) is 0 Å². The van der Waals surface area contributed by atoms with E-state index in [0.717, 1.165) is 0 Å². The smallest absolute Gasteiger partial charge is 0.404 e. The molecule has 0 atom stereocenters. The number of phosphoric ester groups is 1. The first-order valence-corrected chi connectivity index (χ1v) is 7.52. The normalized spacial score (nSPS) is 12.6. The predicted molar refractivity (Wildman–Crippen MR) is 67.6 cm³/mol. The monoisotopic (exact) mass is 422 g/mol. The van der Waals surface area contributed by atoms with Crippen LogP contribution < -0.4 is 4.52 Å². The summed E-state index contributed by atoms with van der Waals surface area (Å²) in [7, 11) is -4.51. The van der Waals surface area contributed by atoms with Crippen LogP contribution in [0.3, 0.4) is 0 Å². The van der Waals surface area contributed by atoms with E-state index in [0.29, 0.717) is 5.56 Å². The maximum Gasteiger partial charge on any atom is 0.524 e. The fourth-order valence-corrected chi connectivity index (χ4v) is 1.99. The van der Waals surface area contributed by atoms with Crippen molar-refractivity contribution < 1.29 is 18.9 Å². The number of phosphoric acid groups is 1. The fraction of sp³-hybridized carbons (Fsp3) is 0.143. The summed E-state index contributed by atoms with van der Waals surface area (Å²) >= 11 is 9.85. The lowest BCUT2D eigenvalue weighted by molar-refractivity contribution is 0.283. The first-order valence-electron chi connectivity index (χ1n) is 3.61. The van der Waals surface area contributed by atoms with Crippen LogP contribution in [-0.2, 0) is 6.71 Å². The summed E-state index contributed by atoms with van der Waals surface area (Å²) in [5.74, 6) is 0.101. The lowest BCUT2D eigenvalue weighted by atomic mass is 10.2. The third-order valence-corrected chi connectivity index (χ3v) is 3.21. The van der Waals surface area contributed by atoms with E-state index in [1.54, 1.807) is 12.1 Å². The molecule has 0 aliphatic rings. The quantitative estimate of drug-likeness (QED) is 0.563. The van der Waals surface area contributed by atoms with Gasteiger partial charge in [0.05, 0.1) is 0 Å². The Bertz CT molecular complexity index is 397. The van der Waals surface area contributed by atoms with Crippen LogP contribution in [0.15, 0.2) is 24.3 Å². The van der Waals surface area contributed by atoms with Crippen LogP contribution in [0, 0.1) is 0 Å². The maximum absolute atomic E-state index is 10.6. The summed E-state index contributed by atoms with van der Waals surface area (Å²) in [6.45, 7) is 0. The maximum atomic E-state index is 10.6. The molecule has 0 saturated heterocycles. The standard InChI is InChI=1S/C7H6Br3O4P/c8-7(9,10)5-2-1-3-6(4-5)14-15(11,12)13/h1-4H,(H2,11,12,13). The molecule has 0 fully saturated rings. The van der Waals surface area contributed by atoms with Gasteiger partial charge in [-0.3, -0.25) is 9.79 Å². The van der Waals surface area contributed by atoms with E-state index in [-0.39, 0.29) is 5.75 Å². The van der Waals surface area contributed by atoms with Gasteiger partial charge in [-0.2, -0.15) is 0 Å². The minimum absolute atomic E-state index is 0.101. The summed E-state index contributed by atoms with van der Waals surface area (Å²) in [5, 5.41) is 0. The van der Waals surface area contributed by atoms with Crippen LogP contribution >= 0.6 is 55.6 Å². The first-order chi connectivity index (χ1) is 6.68. The van der Waals surface area contributed by atoms with Crippen molar-refractivity contribution in [3.8, 4) is 5.75 Å². The molecule has 0 aliphatic carbocycles. The average molecular weight is 425 g/mol. The fourth-order valence-electron chi connectivity index (χ4n) is 0.867. The second-order valence-electron chi connectivity index (χ2n) is 2.61. The molecule has 2 N–H and O–H groups in total. The molecule has 0 bridgehead atoms. The van der Waals surface area contributed by atoms with Crippen LogP contribution in [0.5, 0.6) is 5.75 Å². The SMILES string of the molecule is O=P(O)(O)Oc1cccc(C(Br)(Br)Br)c1. The Kier molecular flexibility index (Phi) is 4.43. The Morgan fingerprint density at radius 3 is 2.33 bits per heavy atom. The zero-order valence-electron chi connectivity index (χ0n) is 7.10. The Morgan fingerprint density at radius 1 is 1.27 bits per heavy atom. The zero-order valence-corrected chi connectivity index (χ0v) is 12.8. The lowest BCUT2D eigenvalue weighted by Crippen LogP contribution is -1.98. The number of hydrogen-bond acceptors (Lipinski definition) is 2.